The summed E-state index contributed by atoms with van der Waals surface area (Å²) in [6, 6.07) is 0. The number of hydrogen-bond donors (Lipinski definition) is 0. The van der Waals surface area contributed by atoms with Gasteiger partial charge in [-0.15, -0.1) is 0 Å². The molecule has 0 saturated heterocycles. The summed E-state index contributed by atoms with van der Waals surface area (Å²) in [4.78, 5) is 0. The summed E-state index contributed by atoms with van der Waals surface area (Å²) in [7, 11) is 0. The normalized spacial score (nSPS) is 2.25. The fourth-order valence-corrected chi connectivity index (χ4v) is 0. The molecular formula is HfO2Zn. The standard InChI is InChI=1S/Hf.2O.Zn. The van der Waals surface area contributed by atoms with Crippen LogP contribution in [0.15, 0.2) is 0 Å². The Bertz CT molecular complexity index is 8.00. The predicted molar refractivity (Wildman–Crippen MR) is 1.37 cm³/mol. The Labute approximate surface area is 48.9 Å². The summed E-state index contributed by atoms with van der Waals surface area (Å²) in [5.74, 6) is 0. The maximum atomic E-state index is 8.39. The fraction of sp³-hybridized carbons (Fsp3) is 0. The van der Waals surface area contributed by atoms with Crippen molar-refractivity contribution in [2.75, 3.05) is 0 Å². The molecule has 0 radical (unpaired) electrons. The van der Waals surface area contributed by atoms with E-state index < -0.39 is 0 Å². The first-order valence-corrected chi connectivity index (χ1v) is 3.17. The van der Waals surface area contributed by atoms with Crippen molar-refractivity contribution < 1.29 is 49.1 Å². The second-order valence-electron chi connectivity index (χ2n) is 0. The van der Waals surface area contributed by atoms with E-state index in [1.54, 1.807) is 0 Å². The zero-order valence-electron chi connectivity index (χ0n) is 2.02. The third kappa shape index (κ3) is 11.3. The third-order valence-electron chi connectivity index (χ3n) is 0. The molecule has 2 nitrogen and oxygen atoms in total. The molecule has 0 fully saturated rings. The summed E-state index contributed by atoms with van der Waals surface area (Å²) in [6.07, 6.45) is 0. The minimum atomic E-state index is 0.0556. The van der Waals surface area contributed by atoms with Gasteiger partial charge in [0.2, 0.25) is 0 Å². The molecule has 0 aromatic rings. The Morgan fingerprint density at radius 1 is 1.25 bits per heavy atom. The Kier molecular flexibility index (Phi) is 73.0. The van der Waals surface area contributed by atoms with Gasteiger partial charge in [-0.1, -0.05) is 0 Å². The van der Waals surface area contributed by atoms with E-state index >= 15 is 0 Å². The van der Waals surface area contributed by atoms with Gasteiger partial charge in [-0.2, -0.15) is 0 Å². The fourth-order valence-electron chi connectivity index (χ4n) is 0. The van der Waals surface area contributed by atoms with Crippen LogP contribution in [0.3, 0.4) is 0 Å². The van der Waals surface area contributed by atoms with Crippen LogP contribution in [0.2, 0.25) is 0 Å². The van der Waals surface area contributed by atoms with E-state index in [1.165, 1.54) is 0 Å². The van der Waals surface area contributed by atoms with Crippen molar-refractivity contribution in [1.29, 1.82) is 0 Å². The van der Waals surface area contributed by atoms with Crippen molar-refractivity contribution in [3.63, 3.8) is 0 Å². The van der Waals surface area contributed by atoms with Gasteiger partial charge in [0, 0.05) is 0 Å². The third-order valence-corrected chi connectivity index (χ3v) is 0. The second kappa shape index (κ2) is 32.8. The van der Waals surface area contributed by atoms with Gasteiger partial charge in [-0.05, 0) is 0 Å². The molecule has 0 bridgehead atoms. The van der Waals surface area contributed by atoms with Gasteiger partial charge in [-0.3, -0.25) is 0 Å². The van der Waals surface area contributed by atoms with Crippen molar-refractivity contribution in [1.82, 2.24) is 0 Å². The van der Waals surface area contributed by atoms with E-state index in [0.29, 0.717) is 0 Å². The van der Waals surface area contributed by atoms with Crippen LogP contribution < -0.4 is 0 Å². The summed E-state index contributed by atoms with van der Waals surface area (Å²) >= 11 is 0.181. The van der Waals surface area contributed by atoms with Crippen LogP contribution in [-0.2, 0) is 49.1 Å². The summed E-state index contributed by atoms with van der Waals surface area (Å²) < 4.78 is 16.8. The zero-order chi connectivity index (χ0) is 4.00. The molecule has 0 unspecified atom stereocenters. The van der Waals surface area contributed by atoms with E-state index in [2.05, 4.69) is 0 Å². The van der Waals surface area contributed by atoms with Crippen LogP contribution in [-0.4, -0.2) is 0 Å². The van der Waals surface area contributed by atoms with Crippen molar-refractivity contribution in [2.45, 2.75) is 0 Å². The van der Waals surface area contributed by atoms with Crippen molar-refractivity contribution >= 4 is 0 Å². The minimum absolute atomic E-state index is 0.0556. The Morgan fingerprint density at radius 2 is 1.25 bits per heavy atom. The van der Waals surface area contributed by atoms with E-state index in [-0.39, 0.29) is 42.6 Å². The van der Waals surface area contributed by atoms with E-state index in [0.717, 1.165) is 0 Å². The molecule has 0 aliphatic rings. The van der Waals surface area contributed by atoms with Crippen molar-refractivity contribution in [2.24, 2.45) is 0 Å². The van der Waals surface area contributed by atoms with Crippen molar-refractivity contribution in [3.8, 4) is 0 Å². The Hall–Kier alpha value is 1.09. The van der Waals surface area contributed by atoms with E-state index in [1.807, 2.05) is 0 Å². The topological polar surface area (TPSA) is 34.1 Å². The molecule has 0 aliphatic heterocycles. The first-order chi connectivity index (χ1) is 2.00. The number of rotatable bonds is 0. The quantitative estimate of drug-likeness (QED) is 0.572. The van der Waals surface area contributed by atoms with Gasteiger partial charge in [0.05, 0.1) is 0 Å². The maximum absolute atomic E-state index is 8.39. The molecule has 0 heterocycles. The molecule has 4 heavy (non-hydrogen) atoms. The summed E-state index contributed by atoms with van der Waals surface area (Å²) in [6.45, 7) is 0. The molecule has 0 rings (SSSR count). The van der Waals surface area contributed by atoms with E-state index in [9.17, 15) is 0 Å². The van der Waals surface area contributed by atoms with Gasteiger partial charge in [0.1, 0.15) is 0 Å². The monoisotopic (exact) mass is 276 g/mol. The van der Waals surface area contributed by atoms with Crippen molar-refractivity contribution in [3.05, 3.63) is 0 Å². The van der Waals surface area contributed by atoms with Gasteiger partial charge >= 0.3 is 49.1 Å². The molecule has 0 atom stereocenters. The van der Waals surface area contributed by atoms with Gasteiger partial charge in [0.25, 0.3) is 0 Å². The summed E-state index contributed by atoms with van der Waals surface area (Å²) in [5, 5.41) is 0. The van der Waals surface area contributed by atoms with Gasteiger partial charge in [0.15, 0.2) is 0 Å². The van der Waals surface area contributed by atoms with E-state index in [4.69, 9.17) is 6.43 Å². The van der Waals surface area contributed by atoms with Gasteiger partial charge < -0.3 is 0 Å². The Morgan fingerprint density at radius 3 is 1.25 bits per heavy atom. The zero-order valence-corrected chi connectivity index (χ0v) is 8.58. The molecule has 0 aromatic carbocycles. The molecule has 0 N–H and O–H groups in total. The molecule has 0 aliphatic carbocycles. The molecule has 0 amide bonds. The molecule has 0 spiro atoms. The Balaban J connectivity index is 0. The van der Waals surface area contributed by atoms with Crippen LogP contribution in [0.1, 0.15) is 0 Å². The average Bonchev–Trinajstić information content (AvgIpc) is 1.50. The molecule has 18 valence electrons. The first kappa shape index (κ1) is 8.92. The molecule has 0 saturated carbocycles. The molecule has 4 heteroatoms. The number of hydrogen-bond acceptors (Lipinski definition) is 2. The SMILES string of the molecule is [O]=[Hf].[O]=[Zn]. The van der Waals surface area contributed by atoms with Crippen LogP contribution in [0.4, 0.5) is 0 Å². The van der Waals surface area contributed by atoms with Crippen LogP contribution in [0.5, 0.6) is 0 Å². The average molecular weight is 276 g/mol. The van der Waals surface area contributed by atoms with Crippen LogP contribution >= 0.6 is 0 Å². The van der Waals surface area contributed by atoms with Gasteiger partial charge in [-0.25, -0.2) is 0 Å². The molecular weight excluding hydrogens is 276 g/mol. The molecule has 0 aromatic heterocycles. The second-order valence-corrected chi connectivity index (χ2v) is 0. The van der Waals surface area contributed by atoms with Crippen LogP contribution in [0, 0.1) is 0 Å². The summed E-state index contributed by atoms with van der Waals surface area (Å²) in [5.41, 5.74) is 0. The van der Waals surface area contributed by atoms with Crippen LogP contribution in [0.25, 0.3) is 0 Å². The first-order valence-electron chi connectivity index (χ1n) is 0.493. The predicted octanol–water partition coefficient (Wildman–Crippen LogP) is -0.243.